The van der Waals surface area contributed by atoms with Crippen LogP contribution in [0.4, 0.5) is 0 Å². The van der Waals surface area contributed by atoms with Crippen LogP contribution in [0.25, 0.3) is 0 Å². The van der Waals surface area contributed by atoms with Crippen molar-refractivity contribution in [2.24, 2.45) is 0 Å². The summed E-state index contributed by atoms with van der Waals surface area (Å²) in [7, 11) is -2.02. The SMILES string of the molecule is COc1ccc(S(=O)(=O)N[C@@H](C)c2ccc(C)cc2)c(C)c1C. The molecule has 0 saturated carbocycles. The normalized spacial score (nSPS) is 12.9. The van der Waals surface area contributed by atoms with Gasteiger partial charge in [-0.15, -0.1) is 0 Å². The lowest BCUT2D eigenvalue weighted by molar-refractivity contribution is 0.410. The molecule has 2 rings (SSSR count). The molecule has 1 atom stereocenters. The minimum Gasteiger partial charge on any atom is -0.496 e. The third-order valence-electron chi connectivity index (χ3n) is 4.11. The van der Waals surface area contributed by atoms with Crippen molar-refractivity contribution in [3.63, 3.8) is 0 Å². The van der Waals surface area contributed by atoms with E-state index in [1.54, 1.807) is 26.2 Å². The second kappa shape index (κ2) is 6.72. The lowest BCUT2D eigenvalue weighted by atomic mass is 10.1. The van der Waals surface area contributed by atoms with E-state index in [0.29, 0.717) is 11.3 Å². The molecule has 4 nitrogen and oxygen atoms in total. The van der Waals surface area contributed by atoms with Crippen LogP contribution in [0.3, 0.4) is 0 Å². The van der Waals surface area contributed by atoms with Gasteiger partial charge in [-0.05, 0) is 56.5 Å². The average Bonchev–Trinajstić information content (AvgIpc) is 2.49. The summed E-state index contributed by atoms with van der Waals surface area (Å²) in [6.07, 6.45) is 0. The van der Waals surface area contributed by atoms with E-state index < -0.39 is 10.0 Å². The summed E-state index contributed by atoms with van der Waals surface area (Å²) in [4.78, 5) is 0.287. The monoisotopic (exact) mass is 333 g/mol. The molecule has 23 heavy (non-hydrogen) atoms. The fourth-order valence-corrected chi connectivity index (χ4v) is 4.03. The van der Waals surface area contributed by atoms with Crippen molar-refractivity contribution in [3.8, 4) is 5.75 Å². The standard InChI is InChI=1S/C18H23NO3S/c1-12-6-8-16(9-7-12)15(4)19-23(20,21)18-11-10-17(22-5)13(2)14(18)3/h6-11,15,19H,1-5H3/t15-/m0/s1. The second-order valence-electron chi connectivity index (χ2n) is 5.77. The van der Waals surface area contributed by atoms with Crippen molar-refractivity contribution < 1.29 is 13.2 Å². The van der Waals surface area contributed by atoms with Gasteiger partial charge in [-0.2, -0.15) is 0 Å². The number of nitrogens with one attached hydrogen (secondary N) is 1. The van der Waals surface area contributed by atoms with Crippen molar-refractivity contribution in [2.75, 3.05) is 7.11 Å². The van der Waals surface area contributed by atoms with E-state index >= 15 is 0 Å². The maximum Gasteiger partial charge on any atom is 0.241 e. The van der Waals surface area contributed by atoms with Gasteiger partial charge in [0.1, 0.15) is 5.75 Å². The molecule has 0 fully saturated rings. The zero-order chi connectivity index (χ0) is 17.2. The van der Waals surface area contributed by atoms with Crippen molar-refractivity contribution >= 4 is 10.0 Å². The summed E-state index contributed by atoms with van der Waals surface area (Å²) in [5, 5.41) is 0. The van der Waals surface area contributed by atoms with E-state index in [1.165, 1.54) is 0 Å². The number of benzene rings is 2. The van der Waals surface area contributed by atoms with Crippen LogP contribution in [-0.2, 0) is 10.0 Å². The number of sulfonamides is 1. The van der Waals surface area contributed by atoms with Gasteiger partial charge in [0.25, 0.3) is 0 Å². The van der Waals surface area contributed by atoms with Crippen LogP contribution >= 0.6 is 0 Å². The molecule has 0 aliphatic carbocycles. The Balaban J connectivity index is 2.32. The summed E-state index contributed by atoms with van der Waals surface area (Å²) in [5.74, 6) is 0.688. The van der Waals surface area contributed by atoms with Crippen molar-refractivity contribution in [1.29, 1.82) is 0 Å². The molecule has 0 unspecified atom stereocenters. The summed E-state index contributed by atoms with van der Waals surface area (Å²) >= 11 is 0. The van der Waals surface area contributed by atoms with Crippen LogP contribution in [0.5, 0.6) is 5.75 Å². The molecule has 0 heterocycles. The van der Waals surface area contributed by atoms with Crippen molar-refractivity contribution in [3.05, 3.63) is 58.7 Å². The minimum atomic E-state index is -3.60. The van der Waals surface area contributed by atoms with Crippen LogP contribution < -0.4 is 9.46 Å². The van der Waals surface area contributed by atoms with Crippen molar-refractivity contribution in [1.82, 2.24) is 4.72 Å². The van der Waals surface area contributed by atoms with Gasteiger partial charge in [0.2, 0.25) is 10.0 Å². The molecule has 0 aliphatic rings. The van der Waals surface area contributed by atoms with E-state index in [0.717, 1.165) is 16.7 Å². The molecule has 5 heteroatoms. The molecule has 2 aromatic rings. The zero-order valence-corrected chi connectivity index (χ0v) is 15.0. The maximum atomic E-state index is 12.7. The Kier molecular flexibility index (Phi) is 5.12. The van der Waals surface area contributed by atoms with Gasteiger partial charge in [0, 0.05) is 6.04 Å². The quantitative estimate of drug-likeness (QED) is 0.908. The molecule has 124 valence electrons. The first-order valence-corrected chi connectivity index (χ1v) is 8.97. The predicted octanol–water partition coefficient (Wildman–Crippen LogP) is 3.66. The fourth-order valence-electron chi connectivity index (χ4n) is 2.50. The van der Waals surface area contributed by atoms with Crippen LogP contribution in [0.15, 0.2) is 41.3 Å². The van der Waals surface area contributed by atoms with Gasteiger partial charge in [-0.25, -0.2) is 13.1 Å². The van der Waals surface area contributed by atoms with Gasteiger partial charge < -0.3 is 4.74 Å². The third kappa shape index (κ3) is 3.74. The molecule has 2 aromatic carbocycles. The summed E-state index contributed by atoms with van der Waals surface area (Å²) < 4.78 is 33.4. The lowest BCUT2D eigenvalue weighted by Crippen LogP contribution is -2.27. The van der Waals surface area contributed by atoms with E-state index in [9.17, 15) is 8.42 Å². The number of aryl methyl sites for hydroxylation is 1. The summed E-state index contributed by atoms with van der Waals surface area (Å²) in [6, 6.07) is 10.8. The lowest BCUT2D eigenvalue weighted by Gasteiger charge is -2.18. The first-order valence-electron chi connectivity index (χ1n) is 7.49. The molecule has 1 N–H and O–H groups in total. The molecular weight excluding hydrogens is 310 g/mol. The third-order valence-corrected chi connectivity index (χ3v) is 5.79. The molecule has 0 aromatic heterocycles. The zero-order valence-electron chi connectivity index (χ0n) is 14.2. The van der Waals surface area contributed by atoms with Gasteiger partial charge in [0.15, 0.2) is 0 Å². The number of hydrogen-bond donors (Lipinski definition) is 1. The first kappa shape index (κ1) is 17.5. The van der Waals surface area contributed by atoms with Gasteiger partial charge >= 0.3 is 0 Å². The average molecular weight is 333 g/mol. The van der Waals surface area contributed by atoms with Crippen molar-refractivity contribution in [2.45, 2.75) is 38.6 Å². The van der Waals surface area contributed by atoms with Gasteiger partial charge in [-0.1, -0.05) is 29.8 Å². The molecule has 0 aliphatic heterocycles. The Morgan fingerprint density at radius 1 is 0.957 bits per heavy atom. The second-order valence-corrected chi connectivity index (χ2v) is 7.45. The van der Waals surface area contributed by atoms with E-state index in [2.05, 4.69) is 4.72 Å². The summed E-state index contributed by atoms with van der Waals surface area (Å²) in [5.41, 5.74) is 3.61. The molecule has 0 amide bonds. The maximum absolute atomic E-state index is 12.7. The first-order chi connectivity index (χ1) is 10.8. The summed E-state index contributed by atoms with van der Waals surface area (Å²) in [6.45, 7) is 7.50. The number of methoxy groups -OCH3 is 1. The largest absolute Gasteiger partial charge is 0.496 e. The van der Waals surface area contributed by atoms with Crippen LogP contribution in [0.2, 0.25) is 0 Å². The topological polar surface area (TPSA) is 55.4 Å². The fraction of sp³-hybridized carbons (Fsp3) is 0.333. The Morgan fingerprint density at radius 2 is 1.57 bits per heavy atom. The molecule has 0 bridgehead atoms. The van der Waals surface area contributed by atoms with Crippen LogP contribution in [0, 0.1) is 20.8 Å². The van der Waals surface area contributed by atoms with Crippen LogP contribution in [-0.4, -0.2) is 15.5 Å². The highest BCUT2D eigenvalue weighted by molar-refractivity contribution is 7.89. The number of ether oxygens (including phenoxy) is 1. The minimum absolute atomic E-state index is 0.287. The Bertz CT molecular complexity index is 796. The van der Waals surface area contributed by atoms with Gasteiger partial charge in [-0.3, -0.25) is 0 Å². The highest BCUT2D eigenvalue weighted by atomic mass is 32.2. The molecule has 0 spiro atoms. The van der Waals surface area contributed by atoms with E-state index in [1.807, 2.05) is 45.0 Å². The molecular formula is C18H23NO3S. The molecule has 0 radical (unpaired) electrons. The Labute approximate surface area is 138 Å². The smallest absolute Gasteiger partial charge is 0.241 e. The number of rotatable bonds is 5. The van der Waals surface area contributed by atoms with Crippen LogP contribution in [0.1, 0.15) is 35.2 Å². The highest BCUT2D eigenvalue weighted by Crippen LogP contribution is 2.27. The van der Waals surface area contributed by atoms with E-state index in [-0.39, 0.29) is 10.9 Å². The molecule has 0 saturated heterocycles. The Hall–Kier alpha value is -1.85. The Morgan fingerprint density at radius 3 is 2.13 bits per heavy atom. The number of hydrogen-bond acceptors (Lipinski definition) is 3. The predicted molar refractivity (Wildman–Crippen MR) is 92.4 cm³/mol. The highest BCUT2D eigenvalue weighted by Gasteiger charge is 2.22. The van der Waals surface area contributed by atoms with Gasteiger partial charge in [0.05, 0.1) is 12.0 Å². The van der Waals surface area contributed by atoms with E-state index in [4.69, 9.17) is 4.74 Å².